The van der Waals surface area contributed by atoms with Gasteiger partial charge in [-0.2, -0.15) is 0 Å². The summed E-state index contributed by atoms with van der Waals surface area (Å²) in [6, 6.07) is 14.8. The van der Waals surface area contributed by atoms with Crippen LogP contribution in [0.5, 0.6) is 0 Å². The number of carbonyl (C=O) groups is 1. The fourth-order valence-electron chi connectivity index (χ4n) is 3.98. The van der Waals surface area contributed by atoms with E-state index in [1.54, 1.807) is 0 Å². The molecule has 4 rings (SSSR count). The largest absolute Gasteiger partial charge is 0.340 e. The van der Waals surface area contributed by atoms with Crippen molar-refractivity contribution >= 4 is 40.8 Å². The van der Waals surface area contributed by atoms with E-state index >= 15 is 0 Å². The zero-order chi connectivity index (χ0) is 20.8. The lowest BCUT2D eigenvalue weighted by Gasteiger charge is -2.33. The Balaban J connectivity index is 1.22. The first-order chi connectivity index (χ1) is 14.7. The first kappa shape index (κ1) is 21.3. The lowest BCUT2D eigenvalue weighted by molar-refractivity contribution is 0.185. The molecule has 2 aliphatic rings. The smallest absolute Gasteiger partial charge is 0.317 e. The van der Waals surface area contributed by atoms with Crippen LogP contribution in [0, 0.1) is 0 Å². The van der Waals surface area contributed by atoms with E-state index in [0.717, 1.165) is 70.0 Å². The van der Waals surface area contributed by atoms with E-state index in [2.05, 4.69) is 51.9 Å². The first-order valence-electron chi connectivity index (χ1n) is 10.8. The Kier molecular flexibility index (Phi) is 7.42. The van der Waals surface area contributed by atoms with Crippen LogP contribution in [-0.4, -0.2) is 50.2 Å². The van der Waals surface area contributed by atoms with Crippen molar-refractivity contribution in [3.63, 3.8) is 0 Å². The molecule has 2 N–H and O–H groups in total. The zero-order valence-corrected chi connectivity index (χ0v) is 18.8. The van der Waals surface area contributed by atoms with Gasteiger partial charge >= 0.3 is 6.03 Å². The molecule has 160 valence electrons. The number of rotatable bonds is 9. The molecule has 0 radical (unpaired) electrons. The van der Waals surface area contributed by atoms with Crippen molar-refractivity contribution in [2.75, 3.05) is 44.2 Å². The quantitative estimate of drug-likeness (QED) is 0.527. The van der Waals surface area contributed by atoms with Crippen molar-refractivity contribution in [1.82, 2.24) is 15.5 Å². The van der Waals surface area contributed by atoms with Crippen LogP contribution in [0.2, 0.25) is 5.02 Å². The number of benzene rings is 2. The Bertz CT molecular complexity index is 878. The number of para-hydroxylation sites is 1. The SMILES string of the molecule is O=C1NCCCN1CCCCNCCCN1c2ccccc2Sc2ccc(Cl)cc21. The average Bonchev–Trinajstić information content (AvgIpc) is 2.76. The average molecular weight is 445 g/mol. The Hall–Kier alpha value is -1.89. The molecular weight excluding hydrogens is 416 g/mol. The fourth-order valence-corrected chi connectivity index (χ4v) is 5.22. The number of fused-ring (bicyclic) bond motifs is 2. The highest BCUT2D eigenvalue weighted by atomic mass is 35.5. The molecule has 2 aromatic rings. The molecule has 1 fully saturated rings. The molecule has 2 aliphatic heterocycles. The highest BCUT2D eigenvalue weighted by Crippen LogP contribution is 2.48. The lowest BCUT2D eigenvalue weighted by Crippen LogP contribution is -2.46. The summed E-state index contributed by atoms with van der Waals surface area (Å²) in [4.78, 5) is 18.6. The Morgan fingerprint density at radius 2 is 1.83 bits per heavy atom. The van der Waals surface area contributed by atoms with E-state index in [0.29, 0.717) is 0 Å². The van der Waals surface area contributed by atoms with Crippen LogP contribution in [0.25, 0.3) is 0 Å². The summed E-state index contributed by atoms with van der Waals surface area (Å²) in [5, 5.41) is 7.24. The van der Waals surface area contributed by atoms with Crippen LogP contribution < -0.4 is 15.5 Å². The number of carbonyl (C=O) groups excluding carboxylic acids is 1. The predicted octanol–water partition coefficient (Wildman–Crippen LogP) is 5.12. The van der Waals surface area contributed by atoms with Gasteiger partial charge in [0.05, 0.1) is 11.4 Å². The minimum absolute atomic E-state index is 0.0922. The maximum absolute atomic E-state index is 11.7. The van der Waals surface area contributed by atoms with Gasteiger partial charge in [0, 0.05) is 41.0 Å². The van der Waals surface area contributed by atoms with E-state index < -0.39 is 0 Å². The molecule has 1 saturated heterocycles. The molecule has 30 heavy (non-hydrogen) atoms. The number of hydrogen-bond donors (Lipinski definition) is 2. The number of nitrogens with zero attached hydrogens (tertiary/aromatic N) is 2. The monoisotopic (exact) mass is 444 g/mol. The number of nitrogens with one attached hydrogen (secondary N) is 2. The Morgan fingerprint density at radius 1 is 1.00 bits per heavy atom. The molecule has 0 bridgehead atoms. The van der Waals surface area contributed by atoms with E-state index in [4.69, 9.17) is 11.6 Å². The van der Waals surface area contributed by atoms with Crippen molar-refractivity contribution in [3.8, 4) is 0 Å². The highest BCUT2D eigenvalue weighted by Gasteiger charge is 2.23. The van der Waals surface area contributed by atoms with Crippen molar-refractivity contribution in [2.45, 2.75) is 35.5 Å². The molecule has 5 nitrogen and oxygen atoms in total. The van der Waals surface area contributed by atoms with Crippen LogP contribution >= 0.6 is 23.4 Å². The second-order valence-electron chi connectivity index (χ2n) is 7.72. The van der Waals surface area contributed by atoms with Gasteiger partial charge in [0.25, 0.3) is 0 Å². The second kappa shape index (κ2) is 10.4. The molecule has 0 atom stereocenters. The van der Waals surface area contributed by atoms with Crippen molar-refractivity contribution in [1.29, 1.82) is 0 Å². The number of halogens is 1. The molecule has 0 saturated carbocycles. The molecule has 0 aliphatic carbocycles. The zero-order valence-electron chi connectivity index (χ0n) is 17.2. The summed E-state index contributed by atoms with van der Waals surface area (Å²) in [5.74, 6) is 0. The van der Waals surface area contributed by atoms with Gasteiger partial charge in [-0.25, -0.2) is 4.79 Å². The molecule has 7 heteroatoms. The van der Waals surface area contributed by atoms with Crippen molar-refractivity contribution < 1.29 is 4.79 Å². The Labute approximate surface area is 188 Å². The topological polar surface area (TPSA) is 47.6 Å². The lowest BCUT2D eigenvalue weighted by atomic mass is 10.2. The van der Waals surface area contributed by atoms with E-state index in [1.807, 2.05) is 22.7 Å². The Morgan fingerprint density at radius 3 is 2.73 bits per heavy atom. The third kappa shape index (κ3) is 5.23. The molecule has 2 aromatic carbocycles. The van der Waals surface area contributed by atoms with Crippen molar-refractivity contribution in [2.24, 2.45) is 0 Å². The van der Waals surface area contributed by atoms with Gasteiger partial charge in [0.15, 0.2) is 0 Å². The molecular formula is C23H29ClN4OS. The predicted molar refractivity (Wildman–Crippen MR) is 125 cm³/mol. The van der Waals surface area contributed by atoms with Gasteiger partial charge in [-0.15, -0.1) is 0 Å². The molecule has 0 aromatic heterocycles. The number of amides is 2. The summed E-state index contributed by atoms with van der Waals surface area (Å²) >= 11 is 8.10. The normalized spacial score (nSPS) is 15.6. The van der Waals surface area contributed by atoms with Gasteiger partial charge in [-0.05, 0) is 69.1 Å². The van der Waals surface area contributed by atoms with Crippen LogP contribution in [-0.2, 0) is 0 Å². The van der Waals surface area contributed by atoms with E-state index in [9.17, 15) is 4.79 Å². The van der Waals surface area contributed by atoms with E-state index in [1.165, 1.54) is 21.2 Å². The summed E-state index contributed by atoms with van der Waals surface area (Å²) in [6.07, 6.45) is 4.24. The van der Waals surface area contributed by atoms with Gasteiger partial charge in [-0.3, -0.25) is 0 Å². The number of unbranched alkanes of at least 4 members (excludes halogenated alkanes) is 1. The van der Waals surface area contributed by atoms with Gasteiger partial charge in [0.2, 0.25) is 0 Å². The van der Waals surface area contributed by atoms with Crippen molar-refractivity contribution in [3.05, 3.63) is 47.5 Å². The van der Waals surface area contributed by atoms with Crippen LogP contribution in [0.4, 0.5) is 16.2 Å². The van der Waals surface area contributed by atoms with Gasteiger partial charge in [0.1, 0.15) is 0 Å². The standard InChI is InChI=1S/C23H29ClN4OS/c24-18-9-10-22-20(17-18)28(19-7-1-2-8-21(19)30-22)16-5-12-25-11-3-4-14-27-15-6-13-26-23(27)29/h1-2,7-10,17,25H,3-6,11-16H2,(H,26,29). The number of hydrogen-bond acceptors (Lipinski definition) is 4. The maximum atomic E-state index is 11.7. The third-order valence-corrected chi connectivity index (χ3v) is 6.89. The summed E-state index contributed by atoms with van der Waals surface area (Å²) < 4.78 is 0. The van der Waals surface area contributed by atoms with E-state index in [-0.39, 0.29) is 6.03 Å². The second-order valence-corrected chi connectivity index (χ2v) is 9.24. The minimum Gasteiger partial charge on any atom is -0.340 e. The molecule has 0 spiro atoms. The van der Waals surface area contributed by atoms with Crippen LogP contribution in [0.15, 0.2) is 52.3 Å². The maximum Gasteiger partial charge on any atom is 0.317 e. The fraction of sp³-hybridized carbons (Fsp3) is 0.435. The molecule has 2 amide bonds. The third-order valence-electron chi connectivity index (χ3n) is 5.52. The van der Waals surface area contributed by atoms with Crippen LogP contribution in [0.3, 0.4) is 0 Å². The highest BCUT2D eigenvalue weighted by molar-refractivity contribution is 7.99. The summed E-state index contributed by atoms with van der Waals surface area (Å²) in [7, 11) is 0. The molecule has 0 unspecified atom stereocenters. The summed E-state index contributed by atoms with van der Waals surface area (Å²) in [6.45, 7) is 5.48. The van der Waals surface area contributed by atoms with Gasteiger partial charge < -0.3 is 20.4 Å². The van der Waals surface area contributed by atoms with Gasteiger partial charge in [-0.1, -0.05) is 35.5 Å². The molecule has 2 heterocycles. The summed E-state index contributed by atoms with van der Waals surface area (Å²) in [5.41, 5.74) is 2.46. The van der Waals surface area contributed by atoms with Crippen LogP contribution in [0.1, 0.15) is 25.7 Å². The number of anilines is 2. The first-order valence-corrected chi connectivity index (χ1v) is 12.0. The minimum atomic E-state index is 0.0922. The number of urea groups is 1.